The lowest BCUT2D eigenvalue weighted by atomic mass is 10.3. The summed E-state index contributed by atoms with van der Waals surface area (Å²) in [4.78, 5) is 0.00521. The molecule has 0 spiro atoms. The average molecular weight is 160 g/mol. The molecule has 0 saturated carbocycles. The van der Waals surface area contributed by atoms with E-state index in [1.54, 1.807) is 0 Å². The van der Waals surface area contributed by atoms with Crippen molar-refractivity contribution in [1.82, 2.24) is 10.0 Å². The van der Waals surface area contributed by atoms with Crippen LogP contribution in [0.3, 0.4) is 0 Å². The van der Waals surface area contributed by atoms with Crippen LogP contribution in [0.15, 0.2) is 0 Å². The quantitative estimate of drug-likeness (QED) is 0.576. The van der Waals surface area contributed by atoms with Crippen LogP contribution < -0.4 is 0 Å². The van der Waals surface area contributed by atoms with Gasteiger partial charge in [0.05, 0.1) is 4.87 Å². The summed E-state index contributed by atoms with van der Waals surface area (Å²) < 4.78 is 0. The van der Waals surface area contributed by atoms with Crippen LogP contribution in [0.1, 0.15) is 20.3 Å². The third-order valence-corrected chi connectivity index (χ3v) is 2.13. The van der Waals surface area contributed by atoms with Gasteiger partial charge in [0.15, 0.2) is 0 Å². The Morgan fingerprint density at radius 2 is 1.90 bits per heavy atom. The van der Waals surface area contributed by atoms with E-state index in [4.69, 9.17) is 0 Å². The largest absolute Gasteiger partial charge is 0.244 e. The first-order valence-electron chi connectivity index (χ1n) is 3.73. The molecular weight excluding hydrogens is 144 g/mol. The summed E-state index contributed by atoms with van der Waals surface area (Å²) in [5.74, 6) is 0. The predicted octanol–water partition coefficient (Wildman–Crippen LogP) is 1.20. The van der Waals surface area contributed by atoms with Crippen LogP contribution in [0.5, 0.6) is 0 Å². The zero-order valence-electron chi connectivity index (χ0n) is 6.96. The fourth-order valence-corrected chi connectivity index (χ4v) is 1.68. The lowest BCUT2D eigenvalue weighted by Gasteiger charge is -2.35. The Hall–Kier alpha value is 0.270. The molecular formula is C7H16N2S. The molecule has 3 heteroatoms. The third-order valence-electron chi connectivity index (χ3n) is 1.90. The van der Waals surface area contributed by atoms with Gasteiger partial charge in [0.25, 0.3) is 0 Å². The van der Waals surface area contributed by atoms with E-state index in [0.717, 1.165) is 6.54 Å². The molecule has 0 bridgehead atoms. The first-order valence-corrected chi connectivity index (χ1v) is 4.17. The summed E-state index contributed by atoms with van der Waals surface area (Å²) in [6.45, 7) is 6.56. The minimum atomic E-state index is 0.00521. The number of hydrogen-bond donors (Lipinski definition) is 1. The van der Waals surface area contributed by atoms with Crippen molar-refractivity contribution in [3.05, 3.63) is 0 Å². The molecule has 1 aliphatic heterocycles. The number of rotatable bonds is 1. The lowest BCUT2D eigenvalue weighted by Crippen LogP contribution is -2.45. The van der Waals surface area contributed by atoms with Crippen LogP contribution >= 0.6 is 12.6 Å². The summed E-state index contributed by atoms with van der Waals surface area (Å²) in [7, 11) is 2.12. The van der Waals surface area contributed by atoms with E-state index < -0.39 is 0 Å². The fraction of sp³-hybridized carbons (Fsp3) is 1.00. The summed E-state index contributed by atoms with van der Waals surface area (Å²) in [5.41, 5.74) is 0. The molecule has 0 aliphatic carbocycles. The minimum Gasteiger partial charge on any atom is -0.244 e. The van der Waals surface area contributed by atoms with Crippen LogP contribution in [0.4, 0.5) is 0 Å². The highest BCUT2D eigenvalue weighted by Gasteiger charge is 2.29. The van der Waals surface area contributed by atoms with Gasteiger partial charge in [-0.05, 0) is 20.3 Å². The molecule has 1 aliphatic rings. The SMILES string of the molecule is CN1CCCN1C(C)(C)S. The fourth-order valence-electron chi connectivity index (χ4n) is 1.43. The zero-order valence-corrected chi connectivity index (χ0v) is 7.86. The molecule has 1 heterocycles. The van der Waals surface area contributed by atoms with Gasteiger partial charge in [-0.15, -0.1) is 0 Å². The maximum Gasteiger partial charge on any atom is 0.0721 e. The molecule has 1 saturated heterocycles. The zero-order chi connectivity index (χ0) is 7.78. The number of thiol groups is 1. The third kappa shape index (κ3) is 1.65. The molecule has 60 valence electrons. The molecule has 0 aromatic rings. The first kappa shape index (κ1) is 8.37. The van der Waals surface area contributed by atoms with Gasteiger partial charge in [0.2, 0.25) is 0 Å². The Morgan fingerprint density at radius 3 is 2.10 bits per heavy atom. The Kier molecular flexibility index (Phi) is 2.28. The van der Waals surface area contributed by atoms with Gasteiger partial charge in [-0.1, -0.05) is 0 Å². The minimum absolute atomic E-state index is 0.00521. The van der Waals surface area contributed by atoms with Crippen LogP contribution in [0.2, 0.25) is 0 Å². The van der Waals surface area contributed by atoms with Gasteiger partial charge >= 0.3 is 0 Å². The summed E-state index contributed by atoms with van der Waals surface area (Å²) in [6.07, 6.45) is 1.26. The van der Waals surface area contributed by atoms with Crippen molar-refractivity contribution >= 4 is 12.6 Å². The molecule has 1 rings (SSSR count). The first-order chi connectivity index (χ1) is 4.52. The number of hydrazine groups is 1. The highest BCUT2D eigenvalue weighted by molar-refractivity contribution is 7.81. The molecule has 10 heavy (non-hydrogen) atoms. The highest BCUT2D eigenvalue weighted by atomic mass is 32.1. The molecule has 0 aromatic carbocycles. The molecule has 0 aromatic heterocycles. The van der Waals surface area contributed by atoms with Crippen molar-refractivity contribution in [2.24, 2.45) is 0 Å². The number of hydrogen-bond acceptors (Lipinski definition) is 3. The standard InChI is InChI=1S/C7H16N2S/c1-7(2,10)9-6-4-5-8(9)3/h10H,4-6H2,1-3H3. The van der Waals surface area contributed by atoms with Crippen molar-refractivity contribution in [3.63, 3.8) is 0 Å². The Bertz CT molecular complexity index is 119. The second-order valence-corrected chi connectivity index (χ2v) is 4.45. The molecule has 0 N–H and O–H groups in total. The van der Waals surface area contributed by atoms with E-state index in [-0.39, 0.29) is 4.87 Å². The second kappa shape index (κ2) is 2.72. The lowest BCUT2D eigenvalue weighted by molar-refractivity contribution is 0.00918. The highest BCUT2D eigenvalue weighted by Crippen LogP contribution is 2.23. The van der Waals surface area contributed by atoms with Gasteiger partial charge in [-0.25, -0.2) is 10.0 Å². The van der Waals surface area contributed by atoms with E-state index in [1.165, 1.54) is 13.0 Å². The van der Waals surface area contributed by atoms with E-state index in [2.05, 4.69) is 43.5 Å². The van der Waals surface area contributed by atoms with Crippen molar-refractivity contribution in [2.45, 2.75) is 25.1 Å². The van der Waals surface area contributed by atoms with E-state index in [9.17, 15) is 0 Å². The maximum atomic E-state index is 4.49. The van der Waals surface area contributed by atoms with Crippen molar-refractivity contribution in [3.8, 4) is 0 Å². The van der Waals surface area contributed by atoms with E-state index in [1.807, 2.05) is 0 Å². The molecule has 0 atom stereocenters. The normalized spacial score (nSPS) is 24.0. The van der Waals surface area contributed by atoms with Crippen LogP contribution in [0.25, 0.3) is 0 Å². The Labute approximate surface area is 68.6 Å². The van der Waals surface area contributed by atoms with Gasteiger partial charge in [0, 0.05) is 20.1 Å². The Balaban J connectivity index is 2.55. The van der Waals surface area contributed by atoms with Gasteiger partial charge in [-0.2, -0.15) is 12.6 Å². The monoisotopic (exact) mass is 160 g/mol. The second-order valence-electron chi connectivity index (χ2n) is 3.35. The van der Waals surface area contributed by atoms with Crippen molar-refractivity contribution in [2.75, 3.05) is 20.1 Å². The van der Waals surface area contributed by atoms with Gasteiger partial charge in [0.1, 0.15) is 0 Å². The summed E-state index contributed by atoms with van der Waals surface area (Å²) in [6, 6.07) is 0. The van der Waals surface area contributed by atoms with Crippen molar-refractivity contribution < 1.29 is 0 Å². The Morgan fingerprint density at radius 1 is 1.30 bits per heavy atom. The van der Waals surface area contributed by atoms with Crippen molar-refractivity contribution in [1.29, 1.82) is 0 Å². The molecule has 1 fully saturated rings. The predicted molar refractivity (Wildman–Crippen MR) is 47.0 cm³/mol. The molecule has 2 nitrogen and oxygen atoms in total. The van der Waals surface area contributed by atoms with Gasteiger partial charge < -0.3 is 0 Å². The smallest absolute Gasteiger partial charge is 0.0721 e. The number of nitrogens with zero attached hydrogens (tertiary/aromatic N) is 2. The summed E-state index contributed by atoms with van der Waals surface area (Å²) in [5, 5.41) is 4.53. The van der Waals surface area contributed by atoms with Crippen LogP contribution in [-0.2, 0) is 0 Å². The van der Waals surface area contributed by atoms with E-state index in [0.29, 0.717) is 0 Å². The average Bonchev–Trinajstić information content (AvgIpc) is 2.11. The topological polar surface area (TPSA) is 6.48 Å². The maximum absolute atomic E-state index is 4.49. The van der Waals surface area contributed by atoms with Gasteiger partial charge in [-0.3, -0.25) is 0 Å². The van der Waals surface area contributed by atoms with Crippen LogP contribution in [-0.4, -0.2) is 35.0 Å². The van der Waals surface area contributed by atoms with E-state index >= 15 is 0 Å². The molecule has 0 unspecified atom stereocenters. The molecule has 0 radical (unpaired) electrons. The molecule has 0 amide bonds. The summed E-state index contributed by atoms with van der Waals surface area (Å²) >= 11 is 4.49. The van der Waals surface area contributed by atoms with Crippen LogP contribution in [0, 0.1) is 0 Å².